The van der Waals surface area contributed by atoms with Crippen LogP contribution in [-0.2, 0) is 14.9 Å². The molecule has 1 atom stereocenters. The molecule has 176 valence electrons. The van der Waals surface area contributed by atoms with Crippen molar-refractivity contribution in [2.45, 2.75) is 46.1 Å². The summed E-state index contributed by atoms with van der Waals surface area (Å²) in [4.78, 5) is 37.6. The van der Waals surface area contributed by atoms with Gasteiger partial charge < -0.3 is 26.1 Å². The zero-order valence-corrected chi connectivity index (χ0v) is 19.9. The van der Waals surface area contributed by atoms with Crippen molar-refractivity contribution < 1.29 is 9.53 Å². The van der Waals surface area contributed by atoms with Crippen molar-refractivity contribution >= 4 is 17.7 Å². The lowest BCUT2D eigenvalue weighted by Gasteiger charge is -2.15. The van der Waals surface area contributed by atoms with Crippen LogP contribution < -0.4 is 16.4 Å². The van der Waals surface area contributed by atoms with Crippen molar-refractivity contribution in [2.75, 3.05) is 31.3 Å². The molecule has 0 aliphatic carbocycles. The number of nitrogens with one attached hydrogen (secondary N) is 3. The molecule has 0 spiro atoms. The van der Waals surface area contributed by atoms with Gasteiger partial charge in [0.05, 0.1) is 23.3 Å². The Balaban J connectivity index is 1.90. The number of carbonyl (C=O) groups excluding carboxylic acids is 1. The van der Waals surface area contributed by atoms with Gasteiger partial charge in [-0.3, -0.25) is 4.79 Å². The molecule has 11 nitrogen and oxygen atoms in total. The summed E-state index contributed by atoms with van der Waals surface area (Å²) in [5.41, 5.74) is 8.87. The third-order valence-corrected chi connectivity index (χ3v) is 4.80. The molecule has 0 bridgehead atoms. The van der Waals surface area contributed by atoms with Crippen LogP contribution in [0.15, 0.2) is 18.5 Å². The topological polar surface area (TPSA) is 157 Å². The summed E-state index contributed by atoms with van der Waals surface area (Å²) in [7, 11) is 1.48. The average molecular weight is 454 g/mol. The molecule has 3 aromatic heterocycles. The van der Waals surface area contributed by atoms with E-state index in [4.69, 9.17) is 15.5 Å². The van der Waals surface area contributed by atoms with Gasteiger partial charge in [-0.15, -0.1) is 0 Å². The van der Waals surface area contributed by atoms with Crippen LogP contribution in [0.2, 0.25) is 0 Å². The molecule has 0 unspecified atom stereocenters. The van der Waals surface area contributed by atoms with Gasteiger partial charge in [0.15, 0.2) is 0 Å². The number of amides is 1. The largest absolute Gasteiger partial charge is 0.382 e. The third-order valence-electron chi connectivity index (χ3n) is 4.80. The van der Waals surface area contributed by atoms with E-state index >= 15 is 0 Å². The number of carbonyl (C=O) groups is 1. The van der Waals surface area contributed by atoms with Crippen molar-refractivity contribution in [1.29, 1.82) is 0 Å². The molecule has 0 aliphatic heterocycles. The fourth-order valence-corrected chi connectivity index (χ4v) is 3.03. The highest BCUT2D eigenvalue weighted by molar-refractivity contribution is 5.77. The first-order chi connectivity index (χ1) is 15.6. The summed E-state index contributed by atoms with van der Waals surface area (Å²) in [6.07, 6.45) is 3.28. The first-order valence-corrected chi connectivity index (χ1v) is 10.6. The highest BCUT2D eigenvalue weighted by atomic mass is 16.5. The zero-order chi connectivity index (χ0) is 24.2. The van der Waals surface area contributed by atoms with E-state index in [1.54, 1.807) is 18.5 Å². The second-order valence-electron chi connectivity index (χ2n) is 8.83. The number of nitrogens with two attached hydrogens (primary N) is 1. The Bertz CT molecular complexity index is 1120. The predicted molar refractivity (Wildman–Crippen MR) is 126 cm³/mol. The number of hydrogen-bond acceptors (Lipinski definition) is 9. The average Bonchev–Trinajstić information content (AvgIpc) is 3.21. The molecule has 3 aromatic rings. The Morgan fingerprint density at radius 3 is 2.64 bits per heavy atom. The number of imidazole rings is 1. The molecule has 33 heavy (non-hydrogen) atoms. The molecule has 0 fully saturated rings. The minimum atomic E-state index is -0.215. The van der Waals surface area contributed by atoms with Crippen molar-refractivity contribution in [3.05, 3.63) is 30.0 Å². The van der Waals surface area contributed by atoms with Crippen LogP contribution in [0.5, 0.6) is 0 Å². The van der Waals surface area contributed by atoms with Gasteiger partial charge in [-0.25, -0.2) is 24.9 Å². The van der Waals surface area contributed by atoms with Gasteiger partial charge in [0.1, 0.15) is 29.6 Å². The summed E-state index contributed by atoms with van der Waals surface area (Å²) >= 11 is 0. The molecular weight excluding hydrogens is 422 g/mol. The number of ether oxygens (including phenoxy) is 1. The summed E-state index contributed by atoms with van der Waals surface area (Å²) < 4.78 is 4.84. The molecule has 0 saturated carbocycles. The number of anilines is 2. The zero-order valence-electron chi connectivity index (χ0n) is 19.9. The fraction of sp³-hybridized carbons (Fsp3) is 0.455. The fourth-order valence-electron chi connectivity index (χ4n) is 3.03. The standard InChI is InChI=1S/C22H31N9O2/c1-12(27-16(32)11-33-6)9-26-21-24-8-7-14(29-21)17-18(31-20(30-17)22(3,4)5)15-10-25-19(23)13(2)28-15/h7-8,10,12H,9,11H2,1-6H3,(H2,23,25)(H,27,32)(H,30,31)(H,24,26,29)/t12-/m0/s1. The molecule has 0 saturated heterocycles. The maximum atomic E-state index is 11.7. The van der Waals surface area contributed by atoms with E-state index < -0.39 is 0 Å². The first kappa shape index (κ1) is 24.1. The second-order valence-corrected chi connectivity index (χ2v) is 8.83. The minimum absolute atomic E-state index is 0.0164. The van der Waals surface area contributed by atoms with Crippen LogP contribution in [-0.4, -0.2) is 62.1 Å². The summed E-state index contributed by atoms with van der Waals surface area (Å²) in [6, 6.07) is 1.67. The highest BCUT2D eigenvalue weighted by Crippen LogP contribution is 2.32. The molecule has 3 heterocycles. The van der Waals surface area contributed by atoms with E-state index in [-0.39, 0.29) is 24.0 Å². The molecule has 3 rings (SSSR count). The van der Waals surface area contributed by atoms with E-state index in [2.05, 4.69) is 56.3 Å². The number of H-pyrrole nitrogens is 1. The summed E-state index contributed by atoms with van der Waals surface area (Å²) in [6.45, 7) is 10.4. The SMILES string of the molecule is COCC(=O)N[C@@H](C)CNc1nccc(-c2[nH]c(C(C)(C)C)nc2-c2cnc(N)c(C)n2)n1. The highest BCUT2D eigenvalue weighted by Gasteiger charge is 2.24. The number of aromatic nitrogens is 6. The Morgan fingerprint density at radius 2 is 1.97 bits per heavy atom. The van der Waals surface area contributed by atoms with E-state index in [9.17, 15) is 4.79 Å². The lowest BCUT2D eigenvalue weighted by molar-refractivity contribution is -0.125. The molecule has 0 aliphatic rings. The Labute approximate surface area is 193 Å². The predicted octanol–water partition coefficient (Wildman–Crippen LogP) is 2.07. The van der Waals surface area contributed by atoms with E-state index in [1.165, 1.54) is 7.11 Å². The van der Waals surface area contributed by atoms with Gasteiger partial charge in [-0.05, 0) is 19.9 Å². The lowest BCUT2D eigenvalue weighted by Crippen LogP contribution is -2.39. The van der Waals surface area contributed by atoms with Crippen molar-refractivity contribution in [3.8, 4) is 22.8 Å². The number of hydrogen-bond donors (Lipinski definition) is 4. The van der Waals surface area contributed by atoms with Crippen LogP contribution in [0.3, 0.4) is 0 Å². The molecule has 0 aromatic carbocycles. The van der Waals surface area contributed by atoms with Crippen LogP contribution in [0.25, 0.3) is 22.8 Å². The van der Waals surface area contributed by atoms with Gasteiger partial charge in [-0.1, -0.05) is 20.8 Å². The van der Waals surface area contributed by atoms with Crippen molar-refractivity contribution in [2.24, 2.45) is 0 Å². The van der Waals surface area contributed by atoms with Crippen molar-refractivity contribution in [3.63, 3.8) is 0 Å². The Morgan fingerprint density at radius 1 is 1.21 bits per heavy atom. The van der Waals surface area contributed by atoms with Gasteiger partial charge in [0.25, 0.3) is 0 Å². The number of rotatable bonds is 8. The number of aryl methyl sites for hydroxylation is 1. The number of nitrogens with zero attached hydrogens (tertiary/aromatic N) is 5. The van der Waals surface area contributed by atoms with Crippen LogP contribution in [0.1, 0.15) is 39.2 Å². The van der Waals surface area contributed by atoms with Gasteiger partial charge in [-0.2, -0.15) is 0 Å². The number of aromatic amines is 1. The minimum Gasteiger partial charge on any atom is -0.382 e. The molecular formula is C22H31N9O2. The van der Waals surface area contributed by atoms with E-state index in [1.807, 2.05) is 13.8 Å². The third kappa shape index (κ3) is 6.01. The lowest BCUT2D eigenvalue weighted by atomic mass is 9.96. The van der Waals surface area contributed by atoms with E-state index in [0.717, 1.165) is 5.82 Å². The monoisotopic (exact) mass is 453 g/mol. The van der Waals surface area contributed by atoms with Crippen LogP contribution >= 0.6 is 0 Å². The number of nitrogen functional groups attached to an aromatic ring is 1. The number of methoxy groups -OCH3 is 1. The normalized spacial score (nSPS) is 12.4. The Hall–Kier alpha value is -3.60. The second kappa shape index (κ2) is 9.90. The summed E-state index contributed by atoms with van der Waals surface area (Å²) in [5.74, 6) is 1.43. The van der Waals surface area contributed by atoms with Gasteiger partial charge >= 0.3 is 0 Å². The van der Waals surface area contributed by atoms with Crippen LogP contribution in [0.4, 0.5) is 11.8 Å². The molecule has 1 amide bonds. The molecule has 5 N–H and O–H groups in total. The smallest absolute Gasteiger partial charge is 0.246 e. The maximum absolute atomic E-state index is 11.7. The molecule has 11 heteroatoms. The summed E-state index contributed by atoms with van der Waals surface area (Å²) in [5, 5.41) is 5.99. The van der Waals surface area contributed by atoms with Crippen LogP contribution in [0, 0.1) is 6.92 Å². The van der Waals surface area contributed by atoms with Gasteiger partial charge in [0.2, 0.25) is 11.9 Å². The van der Waals surface area contributed by atoms with Gasteiger partial charge in [0, 0.05) is 31.3 Å². The quantitative estimate of drug-likeness (QED) is 0.401. The van der Waals surface area contributed by atoms with E-state index in [0.29, 0.717) is 46.8 Å². The molecule has 0 radical (unpaired) electrons. The maximum Gasteiger partial charge on any atom is 0.246 e. The van der Waals surface area contributed by atoms with Crippen molar-refractivity contribution in [1.82, 2.24) is 35.2 Å². The Kier molecular flexibility index (Phi) is 7.22. The first-order valence-electron chi connectivity index (χ1n) is 10.6.